The summed E-state index contributed by atoms with van der Waals surface area (Å²) in [6.45, 7) is 10.9. The Hall–Kier alpha value is -1.95. The summed E-state index contributed by atoms with van der Waals surface area (Å²) in [7, 11) is 0. The topological polar surface area (TPSA) is 80.0 Å². The number of aromatic nitrogens is 3. The lowest BCUT2D eigenvalue weighted by atomic mass is 9.89. The van der Waals surface area contributed by atoms with Crippen molar-refractivity contribution >= 4 is 16.9 Å². The maximum absolute atomic E-state index is 12.6. The standard InChI is InChI=1S/C18H28N4O2/c1-6-22-16-13(10-19-22)9-15(12(2)20-16)17(24)21-14(11-23)7-8-18(3,4)5/h9-10,14,23H,6-8,11H2,1-5H3,(H,21,24)/t14-/m1/s1. The van der Waals surface area contributed by atoms with Crippen LogP contribution >= 0.6 is 0 Å². The zero-order chi connectivity index (χ0) is 17.9. The molecule has 0 aliphatic rings. The van der Waals surface area contributed by atoms with E-state index in [-0.39, 0.29) is 24.0 Å². The van der Waals surface area contributed by atoms with Gasteiger partial charge >= 0.3 is 0 Å². The van der Waals surface area contributed by atoms with Crippen LogP contribution in [0.5, 0.6) is 0 Å². The van der Waals surface area contributed by atoms with Gasteiger partial charge < -0.3 is 10.4 Å². The largest absolute Gasteiger partial charge is 0.394 e. The van der Waals surface area contributed by atoms with Crippen LogP contribution in [0.3, 0.4) is 0 Å². The lowest BCUT2D eigenvalue weighted by Crippen LogP contribution is -2.38. The molecule has 0 saturated heterocycles. The Balaban J connectivity index is 2.16. The first-order valence-corrected chi connectivity index (χ1v) is 8.50. The molecule has 0 unspecified atom stereocenters. The van der Waals surface area contributed by atoms with Crippen LogP contribution < -0.4 is 5.32 Å². The smallest absolute Gasteiger partial charge is 0.253 e. The van der Waals surface area contributed by atoms with Crippen LogP contribution in [0, 0.1) is 12.3 Å². The third kappa shape index (κ3) is 4.32. The number of rotatable bonds is 6. The van der Waals surface area contributed by atoms with Crippen LogP contribution in [0.2, 0.25) is 0 Å². The zero-order valence-corrected chi connectivity index (χ0v) is 15.3. The summed E-state index contributed by atoms with van der Waals surface area (Å²) in [5, 5.41) is 17.6. The molecule has 132 valence electrons. The van der Waals surface area contributed by atoms with E-state index >= 15 is 0 Å². The highest BCUT2D eigenvalue weighted by Gasteiger charge is 2.19. The molecule has 24 heavy (non-hydrogen) atoms. The number of nitrogens with zero attached hydrogens (tertiary/aromatic N) is 3. The third-order valence-corrected chi connectivity index (χ3v) is 4.14. The molecule has 0 aliphatic carbocycles. The normalized spacial score (nSPS) is 13.2. The van der Waals surface area contributed by atoms with Crippen LogP contribution in [0.1, 0.15) is 56.6 Å². The molecule has 1 amide bonds. The number of carbonyl (C=O) groups excluding carboxylic acids is 1. The number of nitrogens with one attached hydrogen (secondary N) is 1. The Bertz CT molecular complexity index is 716. The van der Waals surface area contributed by atoms with E-state index in [0.717, 1.165) is 30.4 Å². The van der Waals surface area contributed by atoms with Crippen LogP contribution in [0.25, 0.3) is 11.0 Å². The van der Waals surface area contributed by atoms with Gasteiger partial charge in [-0.2, -0.15) is 5.10 Å². The van der Waals surface area contributed by atoms with E-state index in [1.807, 2.05) is 24.6 Å². The van der Waals surface area contributed by atoms with E-state index in [4.69, 9.17) is 0 Å². The molecule has 2 heterocycles. The Morgan fingerprint density at radius 1 is 1.42 bits per heavy atom. The van der Waals surface area contributed by atoms with Crippen LogP contribution in [0.4, 0.5) is 0 Å². The van der Waals surface area contributed by atoms with Crippen LogP contribution in [0.15, 0.2) is 12.3 Å². The van der Waals surface area contributed by atoms with Gasteiger partial charge in [-0.15, -0.1) is 0 Å². The molecule has 2 aromatic heterocycles. The van der Waals surface area contributed by atoms with Gasteiger partial charge in [-0.25, -0.2) is 9.67 Å². The van der Waals surface area contributed by atoms with E-state index in [1.54, 1.807) is 6.20 Å². The molecule has 6 nitrogen and oxygen atoms in total. The monoisotopic (exact) mass is 332 g/mol. The predicted molar refractivity (Wildman–Crippen MR) is 95.0 cm³/mol. The first-order valence-electron chi connectivity index (χ1n) is 8.50. The summed E-state index contributed by atoms with van der Waals surface area (Å²) >= 11 is 0. The van der Waals surface area contributed by atoms with E-state index in [2.05, 4.69) is 36.2 Å². The Morgan fingerprint density at radius 2 is 2.12 bits per heavy atom. The predicted octanol–water partition coefficient (Wildman–Crippen LogP) is 2.68. The number of pyridine rings is 1. The number of aliphatic hydroxyl groups excluding tert-OH is 1. The molecule has 0 aromatic carbocycles. The molecule has 0 fully saturated rings. The molecular formula is C18H28N4O2. The number of hydrogen-bond acceptors (Lipinski definition) is 4. The van der Waals surface area contributed by atoms with Crippen molar-refractivity contribution in [1.29, 1.82) is 0 Å². The molecule has 0 radical (unpaired) electrons. The second-order valence-electron chi connectivity index (χ2n) is 7.45. The molecule has 0 spiro atoms. The van der Waals surface area contributed by atoms with Crippen molar-refractivity contribution in [3.63, 3.8) is 0 Å². The first-order chi connectivity index (χ1) is 11.2. The quantitative estimate of drug-likeness (QED) is 0.852. The van der Waals surface area contributed by atoms with E-state index < -0.39 is 0 Å². The Morgan fingerprint density at radius 3 is 2.71 bits per heavy atom. The van der Waals surface area contributed by atoms with Crippen molar-refractivity contribution in [1.82, 2.24) is 20.1 Å². The fourth-order valence-corrected chi connectivity index (χ4v) is 2.64. The maximum Gasteiger partial charge on any atom is 0.253 e. The van der Waals surface area contributed by atoms with Gasteiger partial charge in [0.05, 0.1) is 30.1 Å². The highest BCUT2D eigenvalue weighted by atomic mass is 16.3. The average Bonchev–Trinajstić information content (AvgIpc) is 2.91. The minimum Gasteiger partial charge on any atom is -0.394 e. The van der Waals surface area contributed by atoms with Gasteiger partial charge in [-0.05, 0) is 38.2 Å². The van der Waals surface area contributed by atoms with Gasteiger partial charge in [0.25, 0.3) is 5.91 Å². The Labute approximate surface area is 143 Å². The second-order valence-corrected chi connectivity index (χ2v) is 7.45. The first kappa shape index (κ1) is 18.4. The van der Waals surface area contributed by atoms with Gasteiger partial charge in [0.2, 0.25) is 0 Å². The summed E-state index contributed by atoms with van der Waals surface area (Å²) in [6.07, 6.45) is 3.40. The minimum absolute atomic E-state index is 0.0652. The van der Waals surface area contributed by atoms with Crippen molar-refractivity contribution in [2.24, 2.45) is 5.41 Å². The number of aliphatic hydroxyl groups is 1. The van der Waals surface area contributed by atoms with Gasteiger partial charge in [-0.1, -0.05) is 20.8 Å². The highest BCUT2D eigenvalue weighted by Crippen LogP contribution is 2.22. The highest BCUT2D eigenvalue weighted by molar-refractivity contribution is 5.98. The van der Waals surface area contributed by atoms with Gasteiger partial charge in [0.15, 0.2) is 5.65 Å². The fraction of sp³-hybridized carbons (Fsp3) is 0.611. The molecule has 2 N–H and O–H groups in total. The summed E-state index contributed by atoms with van der Waals surface area (Å²) in [5.41, 5.74) is 2.16. The summed E-state index contributed by atoms with van der Waals surface area (Å²) in [5.74, 6) is -0.195. The molecule has 2 aromatic rings. The number of aryl methyl sites for hydroxylation is 2. The summed E-state index contributed by atoms with van der Waals surface area (Å²) in [6, 6.07) is 1.58. The fourth-order valence-electron chi connectivity index (χ4n) is 2.64. The van der Waals surface area contributed by atoms with Crippen molar-refractivity contribution in [3.05, 3.63) is 23.5 Å². The summed E-state index contributed by atoms with van der Waals surface area (Å²) in [4.78, 5) is 17.1. The summed E-state index contributed by atoms with van der Waals surface area (Å²) < 4.78 is 1.81. The SMILES string of the molecule is CCn1ncc2cc(C(=O)N[C@@H](CO)CCC(C)(C)C)c(C)nc21. The van der Waals surface area contributed by atoms with Crippen LogP contribution in [-0.4, -0.2) is 38.4 Å². The van der Waals surface area contributed by atoms with Crippen molar-refractivity contribution in [2.45, 2.75) is 60.0 Å². The van der Waals surface area contributed by atoms with Crippen LogP contribution in [-0.2, 0) is 6.54 Å². The second kappa shape index (κ2) is 7.30. The third-order valence-electron chi connectivity index (χ3n) is 4.14. The number of fused-ring (bicyclic) bond motifs is 1. The molecule has 2 rings (SSSR count). The number of hydrogen-bond donors (Lipinski definition) is 2. The molecular weight excluding hydrogens is 304 g/mol. The van der Waals surface area contributed by atoms with Crippen molar-refractivity contribution in [3.8, 4) is 0 Å². The molecule has 0 saturated carbocycles. The van der Waals surface area contributed by atoms with Gasteiger partial charge in [0.1, 0.15) is 0 Å². The molecule has 1 atom stereocenters. The van der Waals surface area contributed by atoms with Crippen molar-refractivity contribution < 1.29 is 9.90 Å². The van der Waals surface area contributed by atoms with Gasteiger partial charge in [-0.3, -0.25) is 4.79 Å². The zero-order valence-electron chi connectivity index (χ0n) is 15.3. The van der Waals surface area contributed by atoms with E-state index in [9.17, 15) is 9.90 Å². The Kier molecular flexibility index (Phi) is 5.59. The van der Waals surface area contributed by atoms with E-state index in [0.29, 0.717) is 11.3 Å². The molecule has 6 heteroatoms. The average molecular weight is 332 g/mol. The maximum atomic E-state index is 12.6. The molecule has 0 bridgehead atoms. The number of amides is 1. The molecule has 0 aliphatic heterocycles. The lowest BCUT2D eigenvalue weighted by molar-refractivity contribution is 0.0906. The van der Waals surface area contributed by atoms with Crippen molar-refractivity contribution in [2.75, 3.05) is 6.61 Å². The minimum atomic E-state index is -0.245. The number of carbonyl (C=O) groups is 1. The lowest BCUT2D eigenvalue weighted by Gasteiger charge is -2.23. The van der Waals surface area contributed by atoms with E-state index in [1.165, 1.54) is 0 Å². The van der Waals surface area contributed by atoms with Gasteiger partial charge in [0, 0.05) is 11.9 Å².